The molecule has 3 aromatic rings. The third kappa shape index (κ3) is 2.09. The summed E-state index contributed by atoms with van der Waals surface area (Å²) in [6.07, 6.45) is 4.10. The summed E-state index contributed by atoms with van der Waals surface area (Å²) in [5.74, 6) is 0.149. The van der Waals surface area contributed by atoms with Crippen molar-refractivity contribution in [2.24, 2.45) is 0 Å². The van der Waals surface area contributed by atoms with Crippen molar-refractivity contribution in [3.05, 3.63) is 53.5 Å². The van der Waals surface area contributed by atoms with Crippen molar-refractivity contribution in [2.75, 3.05) is 6.61 Å². The number of rotatable bonds is 2. The Kier molecular flexibility index (Phi) is 3.18. The molecule has 0 unspecified atom stereocenters. The van der Waals surface area contributed by atoms with Gasteiger partial charge in [0.1, 0.15) is 17.5 Å². The summed E-state index contributed by atoms with van der Waals surface area (Å²) >= 11 is 0. The number of fused-ring (bicyclic) bond motifs is 2. The van der Waals surface area contributed by atoms with Gasteiger partial charge >= 0.3 is 0 Å². The number of pyridine rings is 1. The summed E-state index contributed by atoms with van der Waals surface area (Å²) in [7, 11) is 0. The van der Waals surface area contributed by atoms with Gasteiger partial charge in [-0.2, -0.15) is 5.26 Å². The fraction of sp³-hybridized carbons (Fsp3) is 0.118. The molecule has 2 aromatic heterocycles. The largest absolute Gasteiger partial charge is 0.493 e. The van der Waals surface area contributed by atoms with Gasteiger partial charge in [-0.1, -0.05) is 0 Å². The van der Waals surface area contributed by atoms with Gasteiger partial charge in [0.25, 0.3) is 5.91 Å². The first-order valence-electron chi connectivity index (χ1n) is 7.33. The molecule has 0 saturated heterocycles. The Balaban J connectivity index is 1.87. The highest BCUT2D eigenvalue weighted by Crippen LogP contribution is 2.34. The molecule has 1 aromatic carbocycles. The minimum Gasteiger partial charge on any atom is -0.493 e. The molecule has 0 spiro atoms. The van der Waals surface area contributed by atoms with Gasteiger partial charge in [-0.25, -0.2) is 10.5 Å². The molecule has 0 aliphatic carbocycles. The molecule has 4 rings (SSSR count). The lowest BCUT2D eigenvalue weighted by Gasteiger charge is -2.07. The van der Waals surface area contributed by atoms with Crippen molar-refractivity contribution in [1.29, 1.82) is 5.26 Å². The Morgan fingerprint density at radius 2 is 2.29 bits per heavy atom. The Morgan fingerprint density at radius 1 is 1.42 bits per heavy atom. The van der Waals surface area contributed by atoms with E-state index < -0.39 is 5.91 Å². The summed E-state index contributed by atoms with van der Waals surface area (Å²) in [6, 6.07) is 9.33. The first-order valence-corrected chi connectivity index (χ1v) is 7.33. The maximum Gasteiger partial charge on any atom is 0.293 e. The highest BCUT2D eigenvalue weighted by molar-refractivity contribution is 5.92. The predicted molar refractivity (Wildman–Crippen MR) is 84.2 cm³/mol. The van der Waals surface area contributed by atoms with Crippen molar-refractivity contribution < 1.29 is 14.7 Å². The quantitative estimate of drug-likeness (QED) is 0.555. The number of ether oxygens (including phenoxy) is 1. The van der Waals surface area contributed by atoms with Crippen LogP contribution in [0.1, 0.15) is 21.6 Å². The number of hydrogen-bond acceptors (Lipinski definition) is 5. The third-order valence-electron chi connectivity index (χ3n) is 4.10. The first-order chi connectivity index (χ1) is 11.7. The van der Waals surface area contributed by atoms with Gasteiger partial charge in [0.05, 0.1) is 29.6 Å². The van der Waals surface area contributed by atoms with Crippen LogP contribution in [-0.2, 0) is 6.42 Å². The van der Waals surface area contributed by atoms with E-state index in [0.717, 1.165) is 34.3 Å². The van der Waals surface area contributed by atoms with Crippen molar-refractivity contribution >= 4 is 16.8 Å². The van der Waals surface area contributed by atoms with E-state index in [1.54, 1.807) is 17.7 Å². The van der Waals surface area contributed by atoms with Gasteiger partial charge in [-0.05, 0) is 29.8 Å². The Labute approximate surface area is 136 Å². The minimum atomic E-state index is -0.674. The van der Waals surface area contributed by atoms with Gasteiger partial charge in [-0.3, -0.25) is 10.0 Å². The van der Waals surface area contributed by atoms with E-state index in [1.165, 1.54) is 12.3 Å². The number of nitrogens with one attached hydrogen (secondary N) is 1. The van der Waals surface area contributed by atoms with Crippen molar-refractivity contribution in [3.63, 3.8) is 0 Å². The van der Waals surface area contributed by atoms with Gasteiger partial charge in [0.2, 0.25) is 0 Å². The first kappa shape index (κ1) is 14.2. The summed E-state index contributed by atoms with van der Waals surface area (Å²) in [5.41, 5.74) is 4.90. The highest BCUT2D eigenvalue weighted by Gasteiger charge is 2.18. The number of carbonyl (C=O) groups excluding carboxylic acids is 1. The van der Waals surface area contributed by atoms with Crippen LogP contribution in [0.15, 0.2) is 36.7 Å². The molecule has 118 valence electrons. The number of nitrogens with zero attached hydrogens (tertiary/aromatic N) is 3. The predicted octanol–water partition coefficient (Wildman–Crippen LogP) is 1.95. The molecule has 3 heterocycles. The van der Waals surface area contributed by atoms with Gasteiger partial charge in [-0.15, -0.1) is 0 Å². The van der Waals surface area contributed by atoms with E-state index >= 15 is 0 Å². The average molecular weight is 320 g/mol. The van der Waals surface area contributed by atoms with Crippen LogP contribution in [0.25, 0.3) is 16.6 Å². The summed E-state index contributed by atoms with van der Waals surface area (Å²) in [6.45, 7) is 0.649. The molecule has 7 nitrogen and oxygen atoms in total. The lowest BCUT2D eigenvalue weighted by atomic mass is 10.1. The second-order valence-corrected chi connectivity index (χ2v) is 5.44. The van der Waals surface area contributed by atoms with E-state index in [0.29, 0.717) is 12.2 Å². The zero-order valence-corrected chi connectivity index (χ0v) is 12.5. The molecule has 1 aliphatic heterocycles. The average Bonchev–Trinajstić information content (AvgIpc) is 3.22. The highest BCUT2D eigenvalue weighted by atomic mass is 16.5. The zero-order chi connectivity index (χ0) is 16.7. The minimum absolute atomic E-state index is 0.104. The van der Waals surface area contributed by atoms with Crippen molar-refractivity contribution in [3.8, 4) is 17.5 Å². The second kappa shape index (κ2) is 5.37. The van der Waals surface area contributed by atoms with Crippen LogP contribution in [0.2, 0.25) is 0 Å². The molecule has 0 fully saturated rings. The zero-order valence-electron chi connectivity index (χ0n) is 12.5. The normalized spacial score (nSPS) is 12.5. The lowest BCUT2D eigenvalue weighted by molar-refractivity contribution is 0.0701. The van der Waals surface area contributed by atoms with Crippen LogP contribution < -0.4 is 10.2 Å². The molecule has 2 N–H and O–H groups in total. The smallest absolute Gasteiger partial charge is 0.293 e. The van der Waals surface area contributed by atoms with Gasteiger partial charge < -0.3 is 9.30 Å². The molecule has 24 heavy (non-hydrogen) atoms. The molecule has 1 aliphatic rings. The number of amides is 1. The van der Waals surface area contributed by atoms with Crippen LogP contribution >= 0.6 is 0 Å². The standard InChI is InChI=1S/C17H12N4O3/c18-7-11-9-21(12-1-2-14(19-8-12)17(22)20-23)15-5-10-3-4-24-16(10)6-13(11)15/h1-2,5-6,8-9,23H,3-4H2,(H,20,22). The van der Waals surface area contributed by atoms with Crippen LogP contribution in [-0.4, -0.2) is 27.3 Å². The van der Waals surface area contributed by atoms with E-state index in [-0.39, 0.29) is 5.69 Å². The summed E-state index contributed by atoms with van der Waals surface area (Å²) < 4.78 is 7.44. The van der Waals surface area contributed by atoms with E-state index in [2.05, 4.69) is 11.1 Å². The Bertz CT molecular complexity index is 999. The molecular weight excluding hydrogens is 308 g/mol. The fourth-order valence-electron chi connectivity index (χ4n) is 2.92. The van der Waals surface area contributed by atoms with Crippen LogP contribution in [0.4, 0.5) is 0 Å². The maximum absolute atomic E-state index is 11.4. The second-order valence-electron chi connectivity index (χ2n) is 5.44. The molecule has 0 saturated carbocycles. The Morgan fingerprint density at radius 3 is 3.00 bits per heavy atom. The van der Waals surface area contributed by atoms with E-state index in [1.807, 2.05) is 16.7 Å². The third-order valence-corrected chi connectivity index (χ3v) is 4.10. The topological polar surface area (TPSA) is 100 Å². The SMILES string of the molecule is N#Cc1cn(-c2ccc(C(=O)NO)nc2)c2cc3c(cc12)OCC3. The van der Waals surface area contributed by atoms with Gasteiger partial charge in [0, 0.05) is 18.0 Å². The molecule has 1 amide bonds. The van der Waals surface area contributed by atoms with Crippen LogP contribution in [0.3, 0.4) is 0 Å². The number of aromatic nitrogens is 2. The maximum atomic E-state index is 11.4. The molecule has 7 heteroatoms. The fourth-order valence-corrected chi connectivity index (χ4v) is 2.92. The molecule has 0 bridgehead atoms. The van der Waals surface area contributed by atoms with Crippen molar-refractivity contribution in [2.45, 2.75) is 6.42 Å². The monoisotopic (exact) mass is 320 g/mol. The summed E-state index contributed by atoms with van der Waals surface area (Å²) in [4.78, 5) is 15.4. The Hall–Kier alpha value is -3.37. The van der Waals surface area contributed by atoms with E-state index in [9.17, 15) is 10.1 Å². The lowest BCUT2D eigenvalue weighted by Crippen LogP contribution is -2.19. The van der Waals surface area contributed by atoms with Crippen LogP contribution in [0.5, 0.6) is 5.75 Å². The number of nitriles is 1. The number of benzene rings is 1. The van der Waals surface area contributed by atoms with Crippen LogP contribution in [0, 0.1) is 11.3 Å². The number of hydroxylamine groups is 1. The van der Waals surface area contributed by atoms with Gasteiger partial charge in [0.15, 0.2) is 0 Å². The molecule has 0 radical (unpaired) electrons. The number of hydrogen-bond donors (Lipinski definition) is 2. The van der Waals surface area contributed by atoms with Crippen molar-refractivity contribution in [1.82, 2.24) is 15.0 Å². The number of carbonyl (C=O) groups is 1. The molecular formula is C17H12N4O3. The van der Waals surface area contributed by atoms with E-state index in [4.69, 9.17) is 9.94 Å². The molecule has 0 atom stereocenters. The summed E-state index contributed by atoms with van der Waals surface area (Å²) in [5, 5.41) is 18.9.